The second kappa shape index (κ2) is 2.28. The first-order valence-corrected chi connectivity index (χ1v) is 1.58. The lowest BCUT2D eigenvalue weighted by atomic mass is 10.6. The van der Waals surface area contributed by atoms with E-state index >= 15 is 0 Å². The molecule has 0 spiro atoms. The Labute approximate surface area is 36.9 Å². The van der Waals surface area contributed by atoms with Crippen LogP contribution in [0.25, 0.3) is 0 Å². The van der Waals surface area contributed by atoms with Gasteiger partial charge in [-0.1, -0.05) is 5.92 Å². The number of hydrogen-bond acceptors (Lipinski definition) is 0. The minimum Gasteiger partial charge on any atom is -0.280 e. The molecule has 0 unspecified atom stereocenters. The molecule has 0 saturated heterocycles. The van der Waals surface area contributed by atoms with Gasteiger partial charge in [-0.3, -0.25) is 11.1 Å². The molecule has 0 radical (unpaired) electrons. The van der Waals surface area contributed by atoms with E-state index in [9.17, 15) is 0 Å². The van der Waals surface area contributed by atoms with Crippen LogP contribution in [-0.2, 0) is 0 Å². The van der Waals surface area contributed by atoms with Crippen LogP contribution in [0.5, 0.6) is 0 Å². The second-order valence-electron chi connectivity index (χ2n) is 0.830. The summed E-state index contributed by atoms with van der Waals surface area (Å²) in [6.07, 6.45) is 0. The van der Waals surface area contributed by atoms with Crippen LogP contribution >= 0.6 is 0 Å². The summed E-state index contributed by atoms with van der Waals surface area (Å²) in [4.78, 5) is 0. The van der Waals surface area contributed by atoms with Gasteiger partial charge >= 0.3 is 5.84 Å². The van der Waals surface area contributed by atoms with E-state index in [-0.39, 0.29) is 5.84 Å². The standard InChI is InChI=1S/C4H6N2/c1-2-3-4(5)6/h1H3,(H3,5,6)/p+1. The molecule has 0 amide bonds. The smallest absolute Gasteiger partial charge is 0.280 e. The molecule has 0 heterocycles. The zero-order valence-electron chi connectivity index (χ0n) is 3.65. The largest absolute Gasteiger partial charge is 0.316 e. The van der Waals surface area contributed by atoms with Crippen molar-refractivity contribution in [3.05, 3.63) is 0 Å². The lowest BCUT2D eigenvalue weighted by Gasteiger charge is -1.61. The Morgan fingerprint density at radius 3 is 2.33 bits per heavy atom. The minimum absolute atomic E-state index is 0.178. The van der Waals surface area contributed by atoms with Gasteiger partial charge in [-0.15, -0.1) is 0 Å². The Morgan fingerprint density at radius 1 is 1.83 bits per heavy atom. The Balaban J connectivity index is 3.50. The molecule has 0 aromatic rings. The molecular formula is C4H7N2+. The molecule has 6 heavy (non-hydrogen) atoms. The van der Waals surface area contributed by atoms with Crippen molar-refractivity contribution in [3.63, 3.8) is 0 Å². The van der Waals surface area contributed by atoms with Gasteiger partial charge in [-0.25, -0.2) is 0 Å². The van der Waals surface area contributed by atoms with Crippen molar-refractivity contribution >= 4 is 5.84 Å². The van der Waals surface area contributed by atoms with Crippen molar-refractivity contribution in [2.45, 2.75) is 6.92 Å². The summed E-state index contributed by atoms with van der Waals surface area (Å²) < 4.78 is 0. The van der Waals surface area contributed by atoms with E-state index < -0.39 is 0 Å². The predicted octanol–water partition coefficient (Wildman–Crippen LogP) is -1.87. The van der Waals surface area contributed by atoms with Gasteiger partial charge in [0.25, 0.3) is 0 Å². The van der Waals surface area contributed by atoms with Crippen molar-refractivity contribution in [2.75, 3.05) is 0 Å². The van der Waals surface area contributed by atoms with E-state index in [1.165, 1.54) is 0 Å². The molecule has 2 nitrogen and oxygen atoms in total. The van der Waals surface area contributed by atoms with E-state index in [0.29, 0.717) is 0 Å². The van der Waals surface area contributed by atoms with Gasteiger partial charge < -0.3 is 0 Å². The van der Waals surface area contributed by atoms with Crippen molar-refractivity contribution in [1.82, 2.24) is 0 Å². The van der Waals surface area contributed by atoms with E-state index in [4.69, 9.17) is 11.1 Å². The van der Waals surface area contributed by atoms with E-state index in [1.807, 2.05) is 0 Å². The molecule has 0 rings (SSSR count). The zero-order valence-corrected chi connectivity index (χ0v) is 3.65. The number of hydrogen-bond donors (Lipinski definition) is 2. The zero-order chi connectivity index (χ0) is 4.99. The van der Waals surface area contributed by atoms with Gasteiger partial charge in [-0.05, 0) is 6.92 Å². The maximum atomic E-state index is 4.92. The Kier molecular flexibility index (Phi) is 1.91. The van der Waals surface area contributed by atoms with Crippen LogP contribution in [0, 0.1) is 11.8 Å². The molecule has 0 fully saturated rings. The van der Waals surface area contributed by atoms with Crippen molar-refractivity contribution in [1.29, 1.82) is 0 Å². The summed E-state index contributed by atoms with van der Waals surface area (Å²) in [5.74, 6) is 5.14. The molecule has 0 bridgehead atoms. The Morgan fingerprint density at radius 2 is 2.33 bits per heavy atom. The third kappa shape index (κ3) is 3.03. The predicted molar refractivity (Wildman–Crippen MR) is 24.6 cm³/mol. The maximum absolute atomic E-state index is 4.92. The molecule has 0 aliphatic carbocycles. The van der Waals surface area contributed by atoms with Crippen LogP contribution in [0.1, 0.15) is 6.92 Å². The van der Waals surface area contributed by atoms with Crippen molar-refractivity contribution in [2.24, 2.45) is 5.73 Å². The van der Waals surface area contributed by atoms with Crippen LogP contribution in [-0.4, -0.2) is 5.84 Å². The van der Waals surface area contributed by atoms with E-state index in [2.05, 4.69) is 11.8 Å². The molecule has 0 aliphatic rings. The third-order valence-electron chi connectivity index (χ3n) is 0.269. The summed E-state index contributed by atoms with van der Waals surface area (Å²) in [6, 6.07) is 0. The van der Waals surface area contributed by atoms with Gasteiger partial charge in [0.2, 0.25) is 0 Å². The van der Waals surface area contributed by atoms with Crippen LogP contribution < -0.4 is 11.1 Å². The fourth-order valence-electron chi connectivity index (χ4n) is 0.144. The van der Waals surface area contributed by atoms with Gasteiger partial charge in [0, 0.05) is 5.92 Å². The molecule has 0 aromatic heterocycles. The van der Waals surface area contributed by atoms with Crippen molar-refractivity contribution in [3.8, 4) is 11.8 Å². The number of amidine groups is 1. The van der Waals surface area contributed by atoms with E-state index in [1.54, 1.807) is 6.92 Å². The molecule has 2 heteroatoms. The summed E-state index contributed by atoms with van der Waals surface area (Å²) in [5.41, 5.74) is 4.92. The molecule has 32 valence electrons. The Hall–Kier alpha value is -0.970. The SMILES string of the molecule is CC#CC(N)=[NH2+]. The minimum atomic E-state index is 0.178. The highest BCUT2D eigenvalue weighted by Crippen LogP contribution is 1.42. The summed E-state index contributed by atoms with van der Waals surface area (Å²) in [6.45, 7) is 1.68. The Bertz CT molecular complexity index is 104. The average molecular weight is 83.1 g/mol. The summed E-state index contributed by atoms with van der Waals surface area (Å²) >= 11 is 0. The quantitative estimate of drug-likeness (QED) is 0.201. The molecule has 0 atom stereocenters. The van der Waals surface area contributed by atoms with Crippen LogP contribution in [0.2, 0.25) is 0 Å². The fourth-order valence-corrected chi connectivity index (χ4v) is 0.144. The normalized spacial score (nSPS) is 5.50. The van der Waals surface area contributed by atoms with E-state index in [0.717, 1.165) is 0 Å². The molecule has 4 N–H and O–H groups in total. The lowest BCUT2D eigenvalue weighted by Crippen LogP contribution is -2.44. The summed E-state index contributed by atoms with van der Waals surface area (Å²) in [7, 11) is 0. The van der Waals surface area contributed by atoms with Crippen LogP contribution in [0.3, 0.4) is 0 Å². The second-order valence-corrected chi connectivity index (χ2v) is 0.830. The number of rotatable bonds is 0. The van der Waals surface area contributed by atoms with Crippen LogP contribution in [0.15, 0.2) is 0 Å². The lowest BCUT2D eigenvalue weighted by molar-refractivity contribution is -0.112. The highest BCUT2D eigenvalue weighted by Gasteiger charge is 1.74. The highest BCUT2D eigenvalue weighted by atomic mass is 14.7. The first-order chi connectivity index (χ1) is 2.77. The van der Waals surface area contributed by atoms with Gasteiger partial charge in [-0.2, -0.15) is 0 Å². The summed E-state index contributed by atoms with van der Waals surface area (Å²) in [5, 5.41) is 4.92. The van der Waals surface area contributed by atoms with Crippen molar-refractivity contribution < 1.29 is 5.41 Å². The van der Waals surface area contributed by atoms with Gasteiger partial charge in [0.15, 0.2) is 0 Å². The van der Waals surface area contributed by atoms with Gasteiger partial charge in [0.05, 0.1) is 0 Å². The first-order valence-electron chi connectivity index (χ1n) is 1.58. The number of nitrogens with two attached hydrogens (primary N) is 2. The molecular weight excluding hydrogens is 76.1 g/mol. The first kappa shape index (κ1) is 5.03. The highest BCUT2D eigenvalue weighted by molar-refractivity contribution is 5.91. The molecule has 0 aromatic carbocycles. The van der Waals surface area contributed by atoms with Gasteiger partial charge in [0.1, 0.15) is 0 Å². The average Bonchev–Trinajstić information content (AvgIpc) is 1.35. The maximum Gasteiger partial charge on any atom is 0.316 e. The monoisotopic (exact) mass is 83.1 g/mol. The third-order valence-corrected chi connectivity index (χ3v) is 0.269. The fraction of sp³-hybridized carbons (Fsp3) is 0.250. The molecule has 0 aliphatic heterocycles. The topological polar surface area (TPSA) is 51.6 Å². The molecule has 0 saturated carbocycles. The van der Waals surface area contributed by atoms with Crippen LogP contribution in [0.4, 0.5) is 0 Å².